The van der Waals surface area contributed by atoms with E-state index < -0.39 is 0 Å². The van der Waals surface area contributed by atoms with E-state index >= 15 is 0 Å². The fraction of sp³-hybridized carbons (Fsp3) is 1.00. The van der Waals surface area contributed by atoms with Gasteiger partial charge in [0.25, 0.3) is 0 Å². The van der Waals surface area contributed by atoms with Crippen molar-refractivity contribution in [3.8, 4) is 0 Å². The zero-order valence-corrected chi connectivity index (χ0v) is 9.75. The first kappa shape index (κ1) is 11.0. The highest BCUT2D eigenvalue weighted by Gasteiger charge is 2.49. The Bertz CT molecular complexity index is 156. The minimum Gasteiger partial charge on any atom is -0.299 e. The molecule has 2 rings (SSSR count). The van der Waals surface area contributed by atoms with E-state index in [1.54, 1.807) is 0 Å². The lowest BCUT2D eigenvalue weighted by Gasteiger charge is -2.61. The van der Waals surface area contributed by atoms with Gasteiger partial charge in [0.05, 0.1) is 0 Å². The molecule has 78 valence electrons. The highest BCUT2D eigenvalue weighted by molar-refractivity contribution is 5.07. The Balaban J connectivity index is 0.000000396. The third kappa shape index (κ3) is 2.05. The number of hydrogen-bond donors (Lipinski definition) is 0. The van der Waals surface area contributed by atoms with E-state index in [0.717, 1.165) is 18.0 Å². The van der Waals surface area contributed by atoms with Crippen molar-refractivity contribution in [1.82, 2.24) is 9.80 Å². The normalized spacial score (nSPS) is 32.8. The van der Waals surface area contributed by atoms with E-state index in [-0.39, 0.29) is 0 Å². The largest absolute Gasteiger partial charge is 0.299 e. The van der Waals surface area contributed by atoms with Crippen LogP contribution in [0.5, 0.6) is 0 Å². The standard InChI is InChI=1S/C9H18N2.C2H6/c1-7(2)4-11-6-8-9(11)5-10(8)3;1-2/h7-9H,4-6H2,1-3H3;1-2H3. The molecule has 0 N–H and O–H groups in total. The second kappa shape index (κ2) is 4.43. The monoisotopic (exact) mass is 184 g/mol. The second-order valence-corrected chi connectivity index (χ2v) is 4.42. The predicted octanol–water partition coefficient (Wildman–Crippen LogP) is 1.67. The fourth-order valence-corrected chi connectivity index (χ4v) is 2.24. The lowest BCUT2D eigenvalue weighted by Crippen LogP contribution is -2.77. The highest BCUT2D eigenvalue weighted by atomic mass is 15.4. The SMILES string of the molecule is CC.CC(C)CN1CC2C1CN2C. The quantitative estimate of drug-likeness (QED) is 0.644. The smallest absolute Gasteiger partial charge is 0.0391 e. The lowest BCUT2D eigenvalue weighted by atomic mass is 9.85. The summed E-state index contributed by atoms with van der Waals surface area (Å²) in [7, 11) is 2.23. The molecule has 0 spiro atoms. The van der Waals surface area contributed by atoms with Gasteiger partial charge in [0.2, 0.25) is 0 Å². The summed E-state index contributed by atoms with van der Waals surface area (Å²) >= 11 is 0. The molecule has 2 saturated heterocycles. The molecular formula is C11H24N2. The summed E-state index contributed by atoms with van der Waals surface area (Å²) in [6.45, 7) is 12.5. The predicted molar refractivity (Wildman–Crippen MR) is 58.0 cm³/mol. The van der Waals surface area contributed by atoms with Crippen molar-refractivity contribution in [2.24, 2.45) is 5.92 Å². The van der Waals surface area contributed by atoms with Gasteiger partial charge in [-0.3, -0.25) is 9.80 Å². The number of piperazine rings is 1. The van der Waals surface area contributed by atoms with E-state index in [0.29, 0.717) is 0 Å². The molecule has 2 aliphatic heterocycles. The molecule has 2 fully saturated rings. The summed E-state index contributed by atoms with van der Waals surface area (Å²) in [6, 6.07) is 1.83. The first-order chi connectivity index (χ1) is 6.18. The van der Waals surface area contributed by atoms with Gasteiger partial charge in [-0.2, -0.15) is 0 Å². The van der Waals surface area contributed by atoms with Crippen LogP contribution < -0.4 is 0 Å². The molecule has 0 aromatic rings. The average Bonchev–Trinajstić information content (AvgIpc) is 2.10. The number of hydrogen-bond acceptors (Lipinski definition) is 2. The van der Waals surface area contributed by atoms with Gasteiger partial charge in [0.1, 0.15) is 0 Å². The maximum atomic E-state index is 2.62. The highest BCUT2D eigenvalue weighted by Crippen LogP contribution is 2.32. The molecule has 0 radical (unpaired) electrons. The molecule has 13 heavy (non-hydrogen) atoms. The summed E-state index contributed by atoms with van der Waals surface area (Å²) in [4.78, 5) is 5.08. The fourth-order valence-electron chi connectivity index (χ4n) is 2.24. The van der Waals surface area contributed by atoms with Crippen LogP contribution in [0.25, 0.3) is 0 Å². The van der Waals surface area contributed by atoms with Crippen LogP contribution in [0.1, 0.15) is 27.7 Å². The Morgan fingerprint density at radius 1 is 1.15 bits per heavy atom. The Hall–Kier alpha value is -0.0800. The molecule has 2 atom stereocenters. The number of nitrogens with zero attached hydrogens (tertiary/aromatic N) is 2. The summed E-state index contributed by atoms with van der Waals surface area (Å²) in [5.74, 6) is 0.835. The summed E-state index contributed by atoms with van der Waals surface area (Å²) < 4.78 is 0. The van der Waals surface area contributed by atoms with Crippen LogP contribution in [0.4, 0.5) is 0 Å². The minimum atomic E-state index is 0.835. The molecule has 2 nitrogen and oxygen atoms in total. The van der Waals surface area contributed by atoms with E-state index in [9.17, 15) is 0 Å². The Kier molecular flexibility index (Phi) is 3.74. The van der Waals surface area contributed by atoms with Crippen LogP contribution >= 0.6 is 0 Å². The van der Waals surface area contributed by atoms with Crippen LogP contribution in [0.15, 0.2) is 0 Å². The lowest BCUT2D eigenvalue weighted by molar-refractivity contribution is -0.114. The third-order valence-corrected chi connectivity index (χ3v) is 2.98. The van der Waals surface area contributed by atoms with Crippen molar-refractivity contribution >= 4 is 0 Å². The van der Waals surface area contributed by atoms with Crippen molar-refractivity contribution in [2.45, 2.75) is 39.8 Å². The topological polar surface area (TPSA) is 6.48 Å². The van der Waals surface area contributed by atoms with Gasteiger partial charge in [-0.25, -0.2) is 0 Å². The van der Waals surface area contributed by atoms with Crippen LogP contribution in [-0.2, 0) is 0 Å². The molecule has 0 saturated carbocycles. The Labute approximate surface area is 82.9 Å². The number of rotatable bonds is 2. The van der Waals surface area contributed by atoms with Gasteiger partial charge < -0.3 is 0 Å². The molecule has 2 unspecified atom stereocenters. The Morgan fingerprint density at radius 3 is 2.08 bits per heavy atom. The van der Waals surface area contributed by atoms with Crippen molar-refractivity contribution in [2.75, 3.05) is 26.7 Å². The van der Waals surface area contributed by atoms with Crippen LogP contribution in [0.3, 0.4) is 0 Å². The van der Waals surface area contributed by atoms with Crippen molar-refractivity contribution in [3.63, 3.8) is 0 Å². The molecule has 2 heterocycles. The van der Waals surface area contributed by atoms with Crippen LogP contribution in [-0.4, -0.2) is 48.6 Å². The molecule has 0 aliphatic carbocycles. The number of fused-ring (bicyclic) bond motifs is 1. The average molecular weight is 184 g/mol. The van der Waals surface area contributed by atoms with Crippen LogP contribution in [0.2, 0.25) is 0 Å². The third-order valence-electron chi connectivity index (χ3n) is 2.98. The molecule has 0 amide bonds. The van der Waals surface area contributed by atoms with E-state index in [1.807, 2.05) is 13.8 Å². The first-order valence-electron chi connectivity index (χ1n) is 5.63. The van der Waals surface area contributed by atoms with E-state index in [4.69, 9.17) is 0 Å². The molecule has 0 aromatic carbocycles. The van der Waals surface area contributed by atoms with Crippen LogP contribution in [0, 0.1) is 5.92 Å². The summed E-state index contributed by atoms with van der Waals surface area (Å²) in [5, 5.41) is 0. The minimum absolute atomic E-state index is 0.835. The maximum Gasteiger partial charge on any atom is 0.0391 e. The number of likely N-dealkylation sites (N-methyl/N-ethyl adjacent to an activating group) is 1. The van der Waals surface area contributed by atoms with Gasteiger partial charge >= 0.3 is 0 Å². The maximum absolute atomic E-state index is 2.62. The zero-order valence-electron chi connectivity index (χ0n) is 9.75. The van der Waals surface area contributed by atoms with Gasteiger partial charge in [0.15, 0.2) is 0 Å². The molecular weight excluding hydrogens is 160 g/mol. The van der Waals surface area contributed by atoms with E-state index in [2.05, 4.69) is 30.7 Å². The summed E-state index contributed by atoms with van der Waals surface area (Å²) in [5.41, 5.74) is 0. The van der Waals surface area contributed by atoms with Crippen molar-refractivity contribution in [1.29, 1.82) is 0 Å². The molecule has 2 aliphatic rings. The molecule has 2 heteroatoms. The van der Waals surface area contributed by atoms with Crippen molar-refractivity contribution < 1.29 is 0 Å². The van der Waals surface area contributed by atoms with Gasteiger partial charge in [0, 0.05) is 31.7 Å². The molecule has 0 aromatic heterocycles. The van der Waals surface area contributed by atoms with Gasteiger partial charge in [-0.15, -0.1) is 0 Å². The Morgan fingerprint density at radius 2 is 1.77 bits per heavy atom. The number of likely N-dealkylation sites (tertiary alicyclic amines) is 2. The van der Waals surface area contributed by atoms with E-state index in [1.165, 1.54) is 19.6 Å². The zero-order chi connectivity index (χ0) is 10.0. The summed E-state index contributed by atoms with van der Waals surface area (Å²) in [6.07, 6.45) is 0. The molecule has 0 bridgehead atoms. The van der Waals surface area contributed by atoms with Crippen molar-refractivity contribution in [3.05, 3.63) is 0 Å². The van der Waals surface area contributed by atoms with Gasteiger partial charge in [-0.1, -0.05) is 27.7 Å². The second-order valence-electron chi connectivity index (χ2n) is 4.42. The first-order valence-corrected chi connectivity index (χ1v) is 5.63. The van der Waals surface area contributed by atoms with Gasteiger partial charge in [-0.05, 0) is 13.0 Å².